The lowest BCUT2D eigenvalue weighted by Crippen LogP contribution is -2.08. The Hall–Kier alpha value is -1.64. The van der Waals surface area contributed by atoms with Crippen molar-refractivity contribution in [1.82, 2.24) is 0 Å². The number of hydrogen-bond donors (Lipinski definition) is 1. The Bertz CT molecular complexity index is 382. The second kappa shape index (κ2) is 4.73. The Kier molecular flexibility index (Phi) is 3.61. The highest BCUT2D eigenvalue weighted by Gasteiger charge is 2.33. The molecule has 0 spiro atoms. The Morgan fingerprint density at radius 1 is 1.33 bits per heavy atom. The van der Waals surface area contributed by atoms with Gasteiger partial charge in [-0.15, -0.1) is 0 Å². The van der Waals surface area contributed by atoms with Gasteiger partial charge in [-0.3, -0.25) is 9.59 Å². The van der Waals surface area contributed by atoms with Gasteiger partial charge in [0.1, 0.15) is 0 Å². The van der Waals surface area contributed by atoms with E-state index in [4.69, 9.17) is 5.11 Å². The van der Waals surface area contributed by atoms with Gasteiger partial charge in [-0.1, -0.05) is 38.1 Å². The third kappa shape index (κ3) is 2.06. The van der Waals surface area contributed by atoms with Crippen LogP contribution in [0.5, 0.6) is 0 Å². The second-order valence-corrected chi connectivity index (χ2v) is 3.11. The number of carboxylic acids is 1. The van der Waals surface area contributed by atoms with Crippen LogP contribution in [0.15, 0.2) is 24.3 Å². The molecule has 15 heavy (non-hydrogen) atoms. The minimum atomic E-state index is -0.918. The van der Waals surface area contributed by atoms with Crippen molar-refractivity contribution in [1.29, 1.82) is 0 Å². The van der Waals surface area contributed by atoms with Gasteiger partial charge < -0.3 is 5.11 Å². The van der Waals surface area contributed by atoms with Crippen molar-refractivity contribution in [2.24, 2.45) is 0 Å². The predicted octanol–water partition coefficient (Wildman–Crippen LogP) is 2.47. The van der Waals surface area contributed by atoms with Crippen LogP contribution in [-0.2, 0) is 4.79 Å². The lowest BCUT2D eigenvalue weighted by molar-refractivity contribution is -0.138. The summed E-state index contributed by atoms with van der Waals surface area (Å²) >= 11 is 0. The molecule has 1 aliphatic carbocycles. The van der Waals surface area contributed by atoms with Crippen molar-refractivity contribution in [2.75, 3.05) is 0 Å². The van der Waals surface area contributed by atoms with Gasteiger partial charge in [0.25, 0.3) is 0 Å². The van der Waals surface area contributed by atoms with Crippen LogP contribution in [0, 0.1) is 0 Å². The fraction of sp³-hybridized carbons (Fsp3) is 0.333. The lowest BCUT2D eigenvalue weighted by atomic mass is 10.0. The number of carbonyl (C=O) groups is 2. The highest BCUT2D eigenvalue weighted by atomic mass is 16.4. The molecule has 3 nitrogen and oxygen atoms in total. The second-order valence-electron chi connectivity index (χ2n) is 3.11. The van der Waals surface area contributed by atoms with Crippen molar-refractivity contribution < 1.29 is 14.7 Å². The Morgan fingerprint density at radius 3 is 2.53 bits per heavy atom. The fourth-order valence-corrected chi connectivity index (χ4v) is 1.68. The zero-order valence-corrected chi connectivity index (χ0v) is 8.86. The highest BCUT2D eigenvalue weighted by molar-refractivity contribution is 6.05. The smallest absolute Gasteiger partial charge is 0.311 e. The molecule has 2 rings (SSSR count). The van der Waals surface area contributed by atoms with E-state index in [9.17, 15) is 9.59 Å². The summed E-state index contributed by atoms with van der Waals surface area (Å²) in [6, 6.07) is 6.90. The van der Waals surface area contributed by atoms with Crippen molar-refractivity contribution in [3.63, 3.8) is 0 Å². The van der Waals surface area contributed by atoms with Gasteiger partial charge in [-0.05, 0) is 5.56 Å². The van der Waals surface area contributed by atoms with E-state index in [-0.39, 0.29) is 12.2 Å². The molecule has 0 fully saturated rings. The molecule has 0 saturated heterocycles. The quantitative estimate of drug-likeness (QED) is 0.767. The van der Waals surface area contributed by atoms with Crippen LogP contribution in [0.25, 0.3) is 0 Å². The lowest BCUT2D eigenvalue weighted by Gasteiger charge is -2.02. The summed E-state index contributed by atoms with van der Waals surface area (Å²) in [5, 5.41) is 8.83. The summed E-state index contributed by atoms with van der Waals surface area (Å²) < 4.78 is 0. The molecule has 1 aliphatic rings. The first kappa shape index (κ1) is 11.4. The SMILES string of the molecule is CC.O=C1CC(C(=O)O)c2ccccc21. The summed E-state index contributed by atoms with van der Waals surface area (Å²) in [5.41, 5.74) is 1.22. The maximum atomic E-state index is 11.3. The van der Waals surface area contributed by atoms with E-state index in [1.807, 2.05) is 13.8 Å². The van der Waals surface area contributed by atoms with Gasteiger partial charge in [0, 0.05) is 12.0 Å². The normalized spacial score (nSPS) is 17.7. The van der Waals surface area contributed by atoms with E-state index in [0.717, 1.165) is 0 Å². The number of ketones is 1. The number of rotatable bonds is 1. The van der Waals surface area contributed by atoms with Crippen LogP contribution >= 0.6 is 0 Å². The van der Waals surface area contributed by atoms with Gasteiger partial charge in [0.15, 0.2) is 5.78 Å². The number of benzene rings is 1. The zero-order valence-electron chi connectivity index (χ0n) is 8.86. The number of fused-ring (bicyclic) bond motifs is 1. The standard InChI is InChI=1S/C10H8O3.C2H6/c11-9-5-8(10(12)13)6-3-1-2-4-7(6)9;1-2/h1-4,8H,5H2,(H,12,13);1-2H3. The average molecular weight is 206 g/mol. The molecule has 0 saturated carbocycles. The Labute approximate surface area is 88.7 Å². The van der Waals surface area contributed by atoms with E-state index >= 15 is 0 Å². The van der Waals surface area contributed by atoms with Gasteiger partial charge in [0.05, 0.1) is 5.92 Å². The molecule has 1 aromatic rings. The summed E-state index contributed by atoms with van der Waals surface area (Å²) in [6.07, 6.45) is 0.106. The van der Waals surface area contributed by atoms with Crippen LogP contribution in [0.4, 0.5) is 0 Å². The number of aliphatic carboxylic acids is 1. The average Bonchev–Trinajstić information content (AvgIpc) is 2.60. The maximum Gasteiger partial charge on any atom is 0.311 e. The van der Waals surface area contributed by atoms with E-state index < -0.39 is 11.9 Å². The minimum Gasteiger partial charge on any atom is -0.481 e. The fourth-order valence-electron chi connectivity index (χ4n) is 1.68. The van der Waals surface area contributed by atoms with Gasteiger partial charge in [-0.2, -0.15) is 0 Å². The third-order valence-electron chi connectivity index (χ3n) is 2.32. The maximum absolute atomic E-state index is 11.3. The Morgan fingerprint density at radius 2 is 1.93 bits per heavy atom. The molecule has 1 unspecified atom stereocenters. The molecule has 0 heterocycles. The molecular formula is C12H14O3. The molecule has 1 N–H and O–H groups in total. The Balaban J connectivity index is 0.000000531. The molecule has 3 heteroatoms. The van der Waals surface area contributed by atoms with Gasteiger partial charge in [0.2, 0.25) is 0 Å². The molecule has 1 aromatic carbocycles. The van der Waals surface area contributed by atoms with E-state index in [1.165, 1.54) is 0 Å². The number of Topliss-reactive ketones (excluding diaryl/α,β-unsaturated/α-hetero) is 1. The number of carboxylic acid groups (broad SMARTS) is 1. The van der Waals surface area contributed by atoms with Crippen LogP contribution < -0.4 is 0 Å². The van der Waals surface area contributed by atoms with Crippen LogP contribution in [-0.4, -0.2) is 16.9 Å². The van der Waals surface area contributed by atoms with Crippen molar-refractivity contribution >= 4 is 11.8 Å². The first-order valence-corrected chi connectivity index (χ1v) is 5.05. The van der Waals surface area contributed by atoms with Crippen LogP contribution in [0.1, 0.15) is 42.1 Å². The molecule has 0 aromatic heterocycles. The van der Waals surface area contributed by atoms with Crippen molar-refractivity contribution in [2.45, 2.75) is 26.2 Å². The molecule has 0 aliphatic heterocycles. The van der Waals surface area contributed by atoms with E-state index in [0.29, 0.717) is 11.1 Å². The van der Waals surface area contributed by atoms with Gasteiger partial charge >= 0.3 is 5.97 Å². The monoisotopic (exact) mass is 206 g/mol. The molecule has 1 atom stereocenters. The van der Waals surface area contributed by atoms with Crippen LogP contribution in [0.3, 0.4) is 0 Å². The molecule has 0 radical (unpaired) electrons. The van der Waals surface area contributed by atoms with Crippen LogP contribution in [0.2, 0.25) is 0 Å². The van der Waals surface area contributed by atoms with E-state index in [2.05, 4.69) is 0 Å². The zero-order chi connectivity index (χ0) is 11.4. The van der Waals surface area contributed by atoms with E-state index in [1.54, 1.807) is 24.3 Å². The minimum absolute atomic E-state index is 0.0667. The molecule has 80 valence electrons. The van der Waals surface area contributed by atoms with Crippen molar-refractivity contribution in [3.8, 4) is 0 Å². The number of hydrogen-bond acceptors (Lipinski definition) is 2. The highest BCUT2D eigenvalue weighted by Crippen LogP contribution is 2.32. The summed E-state index contributed by atoms with van der Waals surface area (Å²) in [4.78, 5) is 22.1. The van der Waals surface area contributed by atoms with Crippen molar-refractivity contribution in [3.05, 3.63) is 35.4 Å². The largest absolute Gasteiger partial charge is 0.481 e. The molecule has 0 bridgehead atoms. The predicted molar refractivity (Wildman–Crippen MR) is 57.1 cm³/mol. The summed E-state index contributed by atoms with van der Waals surface area (Å²) in [5.74, 6) is -1.62. The number of carbonyl (C=O) groups excluding carboxylic acids is 1. The first-order chi connectivity index (χ1) is 7.20. The molecule has 0 amide bonds. The summed E-state index contributed by atoms with van der Waals surface area (Å²) in [6.45, 7) is 4.00. The van der Waals surface area contributed by atoms with Gasteiger partial charge in [-0.25, -0.2) is 0 Å². The first-order valence-electron chi connectivity index (χ1n) is 5.05. The summed E-state index contributed by atoms with van der Waals surface area (Å²) in [7, 11) is 0. The topological polar surface area (TPSA) is 54.4 Å². The molecular weight excluding hydrogens is 192 g/mol. The third-order valence-corrected chi connectivity index (χ3v) is 2.32.